The number of alkyl halides is 2. The predicted molar refractivity (Wildman–Crippen MR) is 54.5 cm³/mol. The average Bonchev–Trinajstić information content (AvgIpc) is 2.25. The van der Waals surface area contributed by atoms with E-state index in [1.165, 1.54) is 0 Å². The van der Waals surface area contributed by atoms with Gasteiger partial charge in [-0.05, 0) is 6.07 Å². The number of aromatic carboxylic acids is 1. The van der Waals surface area contributed by atoms with Gasteiger partial charge >= 0.3 is 5.97 Å². The molecule has 1 rings (SSSR count). The van der Waals surface area contributed by atoms with Gasteiger partial charge in [0.25, 0.3) is 12.1 Å². The lowest BCUT2D eigenvalue weighted by molar-refractivity contribution is -0.384. The van der Waals surface area contributed by atoms with Crippen molar-refractivity contribution in [1.29, 1.82) is 0 Å². The zero-order chi connectivity index (χ0) is 13.0. The summed E-state index contributed by atoms with van der Waals surface area (Å²) in [5.74, 6) is -1.43. The molecule has 0 aliphatic carbocycles. The standard InChI is InChI=1S/C9H8F2N2O4/c10-8(11)4-12-7-2-1-5(13(16)17)3-6(7)9(14)15/h1-3,8,12H,4H2,(H,14,15). The molecule has 92 valence electrons. The SMILES string of the molecule is O=C(O)c1cc([N+](=O)[O-])ccc1NCC(F)F. The second-order valence-corrected chi connectivity index (χ2v) is 3.06. The van der Waals surface area contributed by atoms with Gasteiger partial charge in [0.05, 0.1) is 17.0 Å². The van der Waals surface area contributed by atoms with E-state index in [0.717, 1.165) is 18.2 Å². The van der Waals surface area contributed by atoms with E-state index < -0.39 is 35.1 Å². The van der Waals surface area contributed by atoms with Crippen LogP contribution in [0.5, 0.6) is 0 Å². The first-order valence-electron chi connectivity index (χ1n) is 4.45. The number of benzene rings is 1. The minimum absolute atomic E-state index is 0.0802. The summed E-state index contributed by atoms with van der Waals surface area (Å²) >= 11 is 0. The molecule has 8 heteroatoms. The summed E-state index contributed by atoms with van der Waals surface area (Å²) < 4.78 is 23.9. The van der Waals surface area contributed by atoms with Gasteiger partial charge < -0.3 is 10.4 Å². The van der Waals surface area contributed by atoms with E-state index in [1.54, 1.807) is 0 Å². The van der Waals surface area contributed by atoms with E-state index in [4.69, 9.17) is 5.11 Å². The molecule has 0 heterocycles. The van der Waals surface area contributed by atoms with Gasteiger partial charge in [-0.15, -0.1) is 0 Å². The predicted octanol–water partition coefficient (Wildman–Crippen LogP) is 1.97. The van der Waals surface area contributed by atoms with Crippen LogP contribution in [0.15, 0.2) is 18.2 Å². The minimum Gasteiger partial charge on any atom is -0.478 e. The molecule has 0 fully saturated rings. The first-order valence-corrected chi connectivity index (χ1v) is 4.45. The van der Waals surface area contributed by atoms with Crippen molar-refractivity contribution in [2.45, 2.75) is 6.43 Å². The third-order valence-electron chi connectivity index (χ3n) is 1.89. The highest BCUT2D eigenvalue weighted by Crippen LogP contribution is 2.22. The maximum atomic E-state index is 11.9. The second kappa shape index (κ2) is 5.19. The van der Waals surface area contributed by atoms with E-state index in [-0.39, 0.29) is 5.69 Å². The number of carboxylic acids is 1. The maximum absolute atomic E-state index is 11.9. The first kappa shape index (κ1) is 12.8. The van der Waals surface area contributed by atoms with Gasteiger partial charge in [-0.3, -0.25) is 10.1 Å². The highest BCUT2D eigenvalue weighted by atomic mass is 19.3. The molecule has 1 aromatic carbocycles. The fourth-order valence-corrected chi connectivity index (χ4v) is 1.16. The number of hydrogen-bond donors (Lipinski definition) is 2. The summed E-state index contributed by atoms with van der Waals surface area (Å²) in [6.07, 6.45) is -2.65. The summed E-state index contributed by atoms with van der Waals surface area (Å²) in [6.45, 7) is -0.724. The molecule has 0 saturated heterocycles. The number of non-ortho nitro benzene ring substituents is 1. The third kappa shape index (κ3) is 3.37. The summed E-state index contributed by atoms with van der Waals surface area (Å²) in [4.78, 5) is 20.5. The van der Waals surface area contributed by atoms with Crippen LogP contribution < -0.4 is 5.32 Å². The van der Waals surface area contributed by atoms with Crippen LogP contribution in [0.4, 0.5) is 20.2 Å². The van der Waals surface area contributed by atoms with Crippen LogP contribution in [0.3, 0.4) is 0 Å². The van der Waals surface area contributed by atoms with Crippen molar-refractivity contribution < 1.29 is 23.6 Å². The largest absolute Gasteiger partial charge is 0.478 e. The van der Waals surface area contributed by atoms with Crippen LogP contribution in [0, 0.1) is 10.1 Å². The topological polar surface area (TPSA) is 92.5 Å². The molecule has 6 nitrogen and oxygen atoms in total. The summed E-state index contributed by atoms with van der Waals surface area (Å²) in [5.41, 5.74) is -0.909. The van der Waals surface area contributed by atoms with E-state index in [2.05, 4.69) is 5.32 Å². The molecule has 0 saturated carbocycles. The second-order valence-electron chi connectivity index (χ2n) is 3.06. The first-order chi connectivity index (χ1) is 7.91. The molecule has 0 aliphatic heterocycles. The van der Waals surface area contributed by atoms with Crippen LogP contribution in [0.25, 0.3) is 0 Å². The molecule has 1 aromatic rings. The number of nitro benzene ring substituents is 1. The smallest absolute Gasteiger partial charge is 0.338 e. The van der Waals surface area contributed by atoms with Crippen molar-refractivity contribution in [2.24, 2.45) is 0 Å². The van der Waals surface area contributed by atoms with Crippen LogP contribution >= 0.6 is 0 Å². The van der Waals surface area contributed by atoms with Crippen LogP contribution in [-0.4, -0.2) is 29.0 Å². The number of anilines is 1. The van der Waals surface area contributed by atoms with Crippen molar-refractivity contribution in [3.63, 3.8) is 0 Å². The number of halogens is 2. The molecular weight excluding hydrogens is 238 g/mol. The van der Waals surface area contributed by atoms with Crippen LogP contribution in [0.2, 0.25) is 0 Å². The quantitative estimate of drug-likeness (QED) is 0.612. The van der Waals surface area contributed by atoms with Crippen molar-refractivity contribution in [3.05, 3.63) is 33.9 Å². The normalized spacial score (nSPS) is 10.3. The highest BCUT2D eigenvalue weighted by Gasteiger charge is 2.16. The Labute approximate surface area is 94.0 Å². The lowest BCUT2D eigenvalue weighted by Crippen LogP contribution is -2.13. The molecule has 0 bridgehead atoms. The summed E-state index contributed by atoms with van der Waals surface area (Å²) in [6, 6.07) is 2.94. The Balaban J connectivity index is 3.04. The number of carboxylic acid groups (broad SMARTS) is 1. The van der Waals surface area contributed by atoms with Gasteiger partial charge in [-0.25, -0.2) is 13.6 Å². The lowest BCUT2D eigenvalue weighted by atomic mass is 10.1. The Morgan fingerprint density at radius 3 is 2.65 bits per heavy atom. The Bertz CT molecular complexity index is 451. The lowest BCUT2D eigenvalue weighted by Gasteiger charge is -2.08. The van der Waals surface area contributed by atoms with E-state index >= 15 is 0 Å². The minimum atomic E-state index is -2.65. The molecule has 0 amide bonds. The zero-order valence-corrected chi connectivity index (χ0v) is 8.39. The Morgan fingerprint density at radius 1 is 1.53 bits per heavy atom. The van der Waals surface area contributed by atoms with Crippen LogP contribution in [0.1, 0.15) is 10.4 Å². The number of nitro groups is 1. The number of hydrogen-bond acceptors (Lipinski definition) is 4. The van der Waals surface area contributed by atoms with Crippen molar-refractivity contribution >= 4 is 17.3 Å². The molecule has 0 aliphatic rings. The molecule has 17 heavy (non-hydrogen) atoms. The van der Waals surface area contributed by atoms with Crippen molar-refractivity contribution in [1.82, 2.24) is 0 Å². The maximum Gasteiger partial charge on any atom is 0.338 e. The summed E-state index contributed by atoms with van der Waals surface area (Å²) in [5, 5.41) is 21.4. The molecular formula is C9H8F2N2O4. The van der Waals surface area contributed by atoms with Gasteiger partial charge in [0.1, 0.15) is 0 Å². The zero-order valence-electron chi connectivity index (χ0n) is 8.39. The van der Waals surface area contributed by atoms with Gasteiger partial charge in [0, 0.05) is 17.8 Å². The molecule has 0 atom stereocenters. The van der Waals surface area contributed by atoms with E-state index in [9.17, 15) is 23.7 Å². The monoisotopic (exact) mass is 246 g/mol. The van der Waals surface area contributed by atoms with Gasteiger partial charge in [-0.1, -0.05) is 0 Å². The van der Waals surface area contributed by atoms with Crippen molar-refractivity contribution in [2.75, 3.05) is 11.9 Å². The highest BCUT2D eigenvalue weighted by molar-refractivity contribution is 5.95. The fraction of sp³-hybridized carbons (Fsp3) is 0.222. The Hall–Kier alpha value is -2.25. The molecule has 0 aromatic heterocycles. The molecule has 2 N–H and O–H groups in total. The molecule has 0 unspecified atom stereocenters. The van der Waals surface area contributed by atoms with Gasteiger partial charge in [-0.2, -0.15) is 0 Å². The number of nitrogens with zero attached hydrogens (tertiary/aromatic N) is 1. The number of rotatable bonds is 5. The Morgan fingerprint density at radius 2 is 2.18 bits per heavy atom. The third-order valence-corrected chi connectivity index (χ3v) is 1.89. The van der Waals surface area contributed by atoms with Gasteiger partial charge in [0.2, 0.25) is 0 Å². The Kier molecular flexibility index (Phi) is 3.91. The summed E-state index contributed by atoms with van der Waals surface area (Å²) in [7, 11) is 0. The van der Waals surface area contributed by atoms with E-state index in [1.807, 2.05) is 0 Å². The number of carbonyl (C=O) groups is 1. The van der Waals surface area contributed by atoms with Gasteiger partial charge in [0.15, 0.2) is 0 Å². The van der Waals surface area contributed by atoms with Crippen molar-refractivity contribution in [3.8, 4) is 0 Å². The fourth-order valence-electron chi connectivity index (χ4n) is 1.16. The van der Waals surface area contributed by atoms with Crippen LogP contribution in [-0.2, 0) is 0 Å². The average molecular weight is 246 g/mol. The molecule has 0 spiro atoms. The number of nitrogens with one attached hydrogen (secondary N) is 1. The molecule has 0 radical (unpaired) electrons. The van der Waals surface area contributed by atoms with E-state index in [0.29, 0.717) is 0 Å².